The maximum Gasteiger partial charge on any atom is 0.416 e. The summed E-state index contributed by atoms with van der Waals surface area (Å²) in [6.07, 6.45) is -2.81. The fourth-order valence-corrected chi connectivity index (χ4v) is 2.37. The quantitative estimate of drug-likeness (QED) is 0.881. The third-order valence-corrected chi connectivity index (χ3v) is 3.46. The molecule has 0 saturated carbocycles. The number of aryl methyl sites for hydroxylation is 1. The van der Waals surface area contributed by atoms with Crippen molar-refractivity contribution < 1.29 is 22.7 Å². The van der Waals surface area contributed by atoms with E-state index in [2.05, 4.69) is 0 Å². The molecule has 4 nitrogen and oxygen atoms in total. The highest BCUT2D eigenvalue weighted by Crippen LogP contribution is 2.34. The minimum Gasteiger partial charge on any atom is -0.465 e. The van der Waals surface area contributed by atoms with Crippen LogP contribution in [0, 0.1) is 0 Å². The van der Waals surface area contributed by atoms with Crippen molar-refractivity contribution in [1.82, 2.24) is 4.57 Å². The molecule has 1 unspecified atom stereocenters. The molecule has 0 saturated heterocycles. The molecule has 7 heteroatoms. The summed E-state index contributed by atoms with van der Waals surface area (Å²) in [5.41, 5.74) is 6.00. The number of hydrogen-bond acceptors (Lipinski definition) is 3. The smallest absolute Gasteiger partial charge is 0.416 e. The number of hydrogen-bond donors (Lipinski definition) is 1. The van der Waals surface area contributed by atoms with Gasteiger partial charge in [0.05, 0.1) is 12.2 Å². The molecule has 1 aromatic heterocycles. The second-order valence-corrected chi connectivity index (χ2v) is 4.83. The van der Waals surface area contributed by atoms with Gasteiger partial charge in [0.2, 0.25) is 0 Å². The average Bonchev–Trinajstić information content (AvgIpc) is 2.83. The highest BCUT2D eigenvalue weighted by atomic mass is 19.4. The lowest BCUT2D eigenvalue weighted by Crippen LogP contribution is -2.23. The van der Waals surface area contributed by atoms with Gasteiger partial charge in [-0.25, -0.2) is 4.79 Å². The van der Waals surface area contributed by atoms with Crippen LogP contribution in [0.4, 0.5) is 13.2 Å². The van der Waals surface area contributed by atoms with E-state index in [1.165, 1.54) is 6.07 Å². The van der Waals surface area contributed by atoms with Crippen molar-refractivity contribution in [3.05, 3.63) is 35.5 Å². The topological polar surface area (TPSA) is 57.2 Å². The molecule has 0 fully saturated rings. The summed E-state index contributed by atoms with van der Waals surface area (Å²) in [5.74, 6) is -0.599. The molecule has 1 atom stereocenters. The number of ether oxygens (including phenoxy) is 1. The van der Waals surface area contributed by atoms with Crippen LogP contribution >= 0.6 is 0 Å². The molecule has 1 aromatic carbocycles. The van der Waals surface area contributed by atoms with E-state index in [1.807, 2.05) is 0 Å². The molecular weight excluding hydrogens is 297 g/mol. The van der Waals surface area contributed by atoms with E-state index in [4.69, 9.17) is 10.5 Å². The number of halogens is 3. The van der Waals surface area contributed by atoms with E-state index in [9.17, 15) is 18.0 Å². The monoisotopic (exact) mass is 314 g/mol. The van der Waals surface area contributed by atoms with Crippen LogP contribution in [0.15, 0.2) is 24.4 Å². The van der Waals surface area contributed by atoms with Crippen LogP contribution in [-0.2, 0) is 22.3 Å². The van der Waals surface area contributed by atoms with Gasteiger partial charge in [-0.1, -0.05) is 6.07 Å². The van der Waals surface area contributed by atoms with Crippen LogP contribution in [0.1, 0.15) is 31.0 Å². The minimum atomic E-state index is -4.42. The number of rotatable bonds is 4. The molecule has 0 aliphatic heterocycles. The zero-order chi connectivity index (χ0) is 16.5. The number of esters is 1. The lowest BCUT2D eigenvalue weighted by Gasteiger charge is -2.10. The van der Waals surface area contributed by atoms with Crippen molar-refractivity contribution >= 4 is 16.9 Å². The summed E-state index contributed by atoms with van der Waals surface area (Å²) in [7, 11) is 0. The molecule has 0 aliphatic rings. The number of alkyl halides is 3. The predicted octanol–water partition coefficient (Wildman–Crippen LogP) is 3.24. The lowest BCUT2D eigenvalue weighted by atomic mass is 10.0. The Hall–Kier alpha value is -2.02. The molecule has 2 aromatic rings. The summed E-state index contributed by atoms with van der Waals surface area (Å²) < 4.78 is 45.0. The van der Waals surface area contributed by atoms with Crippen LogP contribution < -0.4 is 5.73 Å². The molecular formula is C15H17F3N2O2. The van der Waals surface area contributed by atoms with E-state index >= 15 is 0 Å². The van der Waals surface area contributed by atoms with E-state index in [-0.39, 0.29) is 6.61 Å². The first-order valence-electron chi connectivity index (χ1n) is 6.91. The molecule has 0 aliphatic carbocycles. The van der Waals surface area contributed by atoms with Crippen LogP contribution in [0.3, 0.4) is 0 Å². The normalized spacial score (nSPS) is 13.4. The van der Waals surface area contributed by atoms with E-state index < -0.39 is 23.8 Å². The van der Waals surface area contributed by atoms with Gasteiger partial charge in [0.25, 0.3) is 0 Å². The van der Waals surface area contributed by atoms with E-state index in [1.54, 1.807) is 24.6 Å². The highest BCUT2D eigenvalue weighted by Gasteiger charge is 2.31. The van der Waals surface area contributed by atoms with E-state index in [0.29, 0.717) is 23.0 Å². The summed E-state index contributed by atoms with van der Waals surface area (Å²) in [6, 6.07) is 2.38. The molecule has 0 amide bonds. The number of nitrogens with two attached hydrogens (primary N) is 1. The zero-order valence-electron chi connectivity index (χ0n) is 12.3. The Labute approximate surface area is 125 Å². The lowest BCUT2D eigenvalue weighted by molar-refractivity contribution is -0.144. The van der Waals surface area contributed by atoms with Crippen molar-refractivity contribution in [1.29, 1.82) is 0 Å². The molecule has 2 N–H and O–H groups in total. The van der Waals surface area contributed by atoms with Gasteiger partial charge in [-0.15, -0.1) is 0 Å². The number of nitrogens with zero attached hydrogens (tertiary/aromatic N) is 1. The largest absolute Gasteiger partial charge is 0.465 e. The number of aromatic nitrogens is 1. The Morgan fingerprint density at radius 1 is 1.36 bits per heavy atom. The zero-order valence-corrected chi connectivity index (χ0v) is 12.3. The summed E-state index contributed by atoms with van der Waals surface area (Å²) in [4.78, 5) is 11.8. The summed E-state index contributed by atoms with van der Waals surface area (Å²) in [6.45, 7) is 4.12. The number of fused-ring (bicyclic) bond motifs is 1. The first kappa shape index (κ1) is 16.4. The number of carbonyl (C=O) groups excluding carboxylic acids is 1. The Morgan fingerprint density at radius 2 is 2.05 bits per heavy atom. The molecule has 0 bridgehead atoms. The van der Waals surface area contributed by atoms with E-state index in [0.717, 1.165) is 12.1 Å². The van der Waals surface area contributed by atoms with Crippen LogP contribution in [0.2, 0.25) is 0 Å². The van der Waals surface area contributed by atoms with Crippen LogP contribution in [0.25, 0.3) is 10.9 Å². The van der Waals surface area contributed by atoms with Gasteiger partial charge in [-0.3, -0.25) is 0 Å². The first-order chi connectivity index (χ1) is 10.3. The van der Waals surface area contributed by atoms with Gasteiger partial charge in [0, 0.05) is 29.2 Å². The predicted molar refractivity (Wildman–Crippen MR) is 76.2 cm³/mol. The molecule has 0 spiro atoms. The molecule has 120 valence electrons. The SMILES string of the molecule is CCOC(=O)C(N)c1cn(CC)c2cc(C(F)(F)F)ccc12. The third-order valence-electron chi connectivity index (χ3n) is 3.46. The maximum atomic E-state index is 12.8. The summed E-state index contributed by atoms with van der Waals surface area (Å²) in [5, 5.41) is 0.524. The average molecular weight is 314 g/mol. The fourth-order valence-electron chi connectivity index (χ4n) is 2.37. The van der Waals surface area contributed by atoms with Gasteiger partial charge < -0.3 is 15.0 Å². The van der Waals surface area contributed by atoms with Gasteiger partial charge in [-0.05, 0) is 26.0 Å². The molecule has 0 radical (unpaired) electrons. The van der Waals surface area contributed by atoms with Gasteiger partial charge in [0.15, 0.2) is 0 Å². The third kappa shape index (κ3) is 2.94. The Morgan fingerprint density at radius 3 is 2.59 bits per heavy atom. The van der Waals surface area contributed by atoms with Crippen molar-refractivity contribution in [2.24, 2.45) is 5.73 Å². The van der Waals surface area contributed by atoms with Crippen LogP contribution in [-0.4, -0.2) is 17.1 Å². The Bertz CT molecular complexity index is 692. The Balaban J connectivity index is 2.56. The minimum absolute atomic E-state index is 0.192. The van der Waals surface area contributed by atoms with Crippen molar-refractivity contribution in [3.63, 3.8) is 0 Å². The van der Waals surface area contributed by atoms with Crippen molar-refractivity contribution in [3.8, 4) is 0 Å². The van der Waals surface area contributed by atoms with Gasteiger partial charge >= 0.3 is 12.1 Å². The first-order valence-corrected chi connectivity index (χ1v) is 6.91. The molecule has 2 rings (SSSR count). The molecule has 1 heterocycles. The van der Waals surface area contributed by atoms with Crippen molar-refractivity contribution in [2.75, 3.05) is 6.61 Å². The molecule has 22 heavy (non-hydrogen) atoms. The second kappa shape index (κ2) is 6.00. The van der Waals surface area contributed by atoms with Gasteiger partial charge in [-0.2, -0.15) is 13.2 Å². The van der Waals surface area contributed by atoms with Crippen LogP contribution in [0.5, 0.6) is 0 Å². The van der Waals surface area contributed by atoms with Crippen molar-refractivity contribution in [2.45, 2.75) is 32.6 Å². The van der Waals surface area contributed by atoms with Gasteiger partial charge in [0.1, 0.15) is 6.04 Å². The standard InChI is InChI=1S/C15H17F3N2O2/c1-3-20-8-11(13(19)14(21)22-4-2)10-6-5-9(7-12(10)20)15(16,17)18/h5-8,13H,3-4,19H2,1-2H3. The number of benzene rings is 1. The Kier molecular flexibility index (Phi) is 4.46. The number of carbonyl (C=O) groups is 1. The fraction of sp³-hybridized carbons (Fsp3) is 0.400. The second-order valence-electron chi connectivity index (χ2n) is 4.83. The summed E-state index contributed by atoms with van der Waals surface area (Å²) >= 11 is 0. The maximum absolute atomic E-state index is 12.8. The highest BCUT2D eigenvalue weighted by molar-refractivity contribution is 5.90.